The Kier molecular flexibility index (Phi) is 4.44. The van der Waals surface area contributed by atoms with Crippen molar-refractivity contribution in [3.63, 3.8) is 0 Å². The van der Waals surface area contributed by atoms with Gasteiger partial charge in [0.05, 0.1) is 13.2 Å². The molecule has 18 heavy (non-hydrogen) atoms. The Balaban J connectivity index is 2.13. The second-order valence-corrected chi connectivity index (χ2v) is 4.07. The summed E-state index contributed by atoms with van der Waals surface area (Å²) in [6.07, 6.45) is -0.0326. The molecular formula is C13H16N2O3. The molecule has 0 aliphatic carbocycles. The van der Waals surface area contributed by atoms with Gasteiger partial charge < -0.3 is 10.1 Å². The van der Waals surface area contributed by atoms with Crippen LogP contribution in [0.1, 0.15) is 10.4 Å². The lowest BCUT2D eigenvalue weighted by Gasteiger charge is -2.32. The summed E-state index contributed by atoms with van der Waals surface area (Å²) >= 11 is 0. The predicted molar refractivity (Wildman–Crippen MR) is 66.2 cm³/mol. The van der Waals surface area contributed by atoms with Crippen LogP contribution in [0.5, 0.6) is 0 Å². The third kappa shape index (κ3) is 2.94. The van der Waals surface area contributed by atoms with Gasteiger partial charge in [0.1, 0.15) is 6.17 Å². The fourth-order valence-corrected chi connectivity index (χ4v) is 2.01. The molecule has 0 saturated carbocycles. The summed E-state index contributed by atoms with van der Waals surface area (Å²) in [5.74, 6) is -0.0930. The standard InChI is InChI=1S/C13H16N2O3/c16-10-14-13(15-6-8-18-9-7-15)12(17)11-4-2-1-3-5-11/h1-5,10,13H,6-9H2,(H,14,16). The molecule has 1 aliphatic rings. The predicted octanol–water partition coefficient (Wildman–Crippen LogP) is 0.274. The van der Waals surface area contributed by atoms with Gasteiger partial charge >= 0.3 is 0 Å². The minimum absolute atomic E-state index is 0.0930. The van der Waals surface area contributed by atoms with Crippen LogP contribution in [0, 0.1) is 0 Å². The Morgan fingerprint density at radius 1 is 1.28 bits per heavy atom. The number of ketones is 1. The molecule has 2 rings (SSSR count). The van der Waals surface area contributed by atoms with Gasteiger partial charge in [-0.15, -0.1) is 0 Å². The highest BCUT2D eigenvalue weighted by Gasteiger charge is 2.27. The molecule has 1 fully saturated rings. The Hall–Kier alpha value is -1.72. The minimum atomic E-state index is -0.603. The zero-order valence-corrected chi connectivity index (χ0v) is 10.0. The molecule has 1 atom stereocenters. The molecule has 5 nitrogen and oxygen atoms in total. The van der Waals surface area contributed by atoms with Gasteiger partial charge in [0.15, 0.2) is 5.78 Å². The molecule has 96 valence electrons. The number of carbonyl (C=O) groups is 2. The molecule has 1 aliphatic heterocycles. The third-order valence-electron chi connectivity index (χ3n) is 2.94. The van der Waals surface area contributed by atoms with E-state index in [-0.39, 0.29) is 5.78 Å². The van der Waals surface area contributed by atoms with Gasteiger partial charge in [0.2, 0.25) is 6.41 Å². The Morgan fingerprint density at radius 3 is 2.56 bits per heavy atom. The Labute approximate surface area is 106 Å². The van der Waals surface area contributed by atoms with Crippen molar-refractivity contribution in [2.24, 2.45) is 0 Å². The average molecular weight is 248 g/mol. The molecule has 1 amide bonds. The molecule has 1 aromatic rings. The van der Waals surface area contributed by atoms with Crippen LogP contribution in [0.15, 0.2) is 30.3 Å². The van der Waals surface area contributed by atoms with Gasteiger partial charge in [-0.2, -0.15) is 0 Å². The molecule has 1 unspecified atom stereocenters. The first kappa shape index (κ1) is 12.7. The van der Waals surface area contributed by atoms with Crippen molar-refractivity contribution in [2.75, 3.05) is 26.3 Å². The number of carbonyl (C=O) groups excluding carboxylic acids is 2. The monoisotopic (exact) mass is 248 g/mol. The first-order chi connectivity index (χ1) is 8.83. The lowest BCUT2D eigenvalue weighted by Crippen LogP contribution is -2.54. The van der Waals surface area contributed by atoms with E-state index in [4.69, 9.17) is 4.74 Å². The fraction of sp³-hybridized carbons (Fsp3) is 0.385. The second-order valence-electron chi connectivity index (χ2n) is 4.07. The summed E-state index contributed by atoms with van der Waals surface area (Å²) in [4.78, 5) is 24.9. The van der Waals surface area contributed by atoms with Crippen molar-refractivity contribution in [2.45, 2.75) is 6.17 Å². The topological polar surface area (TPSA) is 58.6 Å². The van der Waals surface area contributed by atoms with Gasteiger partial charge in [0.25, 0.3) is 0 Å². The normalized spacial score (nSPS) is 18.0. The highest BCUT2D eigenvalue weighted by molar-refractivity contribution is 6.00. The number of nitrogens with zero attached hydrogens (tertiary/aromatic N) is 1. The number of amides is 1. The van der Waals surface area contributed by atoms with E-state index in [0.29, 0.717) is 38.3 Å². The summed E-state index contributed by atoms with van der Waals surface area (Å²) in [5, 5.41) is 2.59. The van der Waals surface area contributed by atoms with Crippen LogP contribution in [0.2, 0.25) is 0 Å². The molecule has 1 heterocycles. The number of Topliss-reactive ketones (excluding diaryl/α,β-unsaturated/α-hetero) is 1. The summed E-state index contributed by atoms with van der Waals surface area (Å²) in [6.45, 7) is 2.45. The van der Waals surface area contributed by atoms with Crippen molar-refractivity contribution >= 4 is 12.2 Å². The molecule has 1 saturated heterocycles. The van der Waals surface area contributed by atoms with Crippen molar-refractivity contribution in [3.05, 3.63) is 35.9 Å². The fourth-order valence-electron chi connectivity index (χ4n) is 2.01. The van der Waals surface area contributed by atoms with E-state index in [9.17, 15) is 9.59 Å². The van der Waals surface area contributed by atoms with E-state index >= 15 is 0 Å². The van der Waals surface area contributed by atoms with Gasteiger partial charge in [-0.1, -0.05) is 30.3 Å². The molecule has 1 N–H and O–H groups in total. The maximum absolute atomic E-state index is 12.3. The van der Waals surface area contributed by atoms with E-state index in [0.717, 1.165) is 0 Å². The minimum Gasteiger partial charge on any atom is -0.379 e. The quantitative estimate of drug-likeness (QED) is 0.600. The van der Waals surface area contributed by atoms with Crippen molar-refractivity contribution in [3.8, 4) is 0 Å². The zero-order valence-electron chi connectivity index (χ0n) is 10.0. The SMILES string of the molecule is O=CNC(C(=O)c1ccccc1)N1CCOCC1. The Bertz CT molecular complexity index is 402. The van der Waals surface area contributed by atoms with E-state index in [1.807, 2.05) is 23.1 Å². The van der Waals surface area contributed by atoms with Crippen LogP contribution in [-0.4, -0.2) is 49.6 Å². The number of hydrogen-bond acceptors (Lipinski definition) is 4. The van der Waals surface area contributed by atoms with Gasteiger partial charge in [-0.05, 0) is 0 Å². The first-order valence-corrected chi connectivity index (χ1v) is 5.93. The van der Waals surface area contributed by atoms with E-state index in [1.165, 1.54) is 0 Å². The van der Waals surface area contributed by atoms with E-state index in [1.54, 1.807) is 12.1 Å². The highest BCUT2D eigenvalue weighted by Crippen LogP contribution is 2.09. The average Bonchev–Trinajstić information content (AvgIpc) is 2.46. The molecule has 5 heteroatoms. The maximum atomic E-state index is 12.3. The molecule has 0 aromatic heterocycles. The zero-order chi connectivity index (χ0) is 12.8. The van der Waals surface area contributed by atoms with Crippen LogP contribution < -0.4 is 5.32 Å². The highest BCUT2D eigenvalue weighted by atomic mass is 16.5. The summed E-state index contributed by atoms with van der Waals surface area (Å²) < 4.78 is 5.24. The third-order valence-corrected chi connectivity index (χ3v) is 2.94. The molecule has 0 spiro atoms. The number of morpholine rings is 1. The summed E-state index contributed by atoms with van der Waals surface area (Å²) in [5.41, 5.74) is 0.600. The van der Waals surface area contributed by atoms with Crippen LogP contribution in [0.3, 0.4) is 0 Å². The number of benzene rings is 1. The van der Waals surface area contributed by atoms with Crippen LogP contribution in [0.4, 0.5) is 0 Å². The lowest BCUT2D eigenvalue weighted by atomic mass is 10.1. The van der Waals surface area contributed by atoms with Gasteiger partial charge in [0, 0.05) is 18.7 Å². The summed E-state index contributed by atoms with van der Waals surface area (Å²) in [6, 6.07) is 8.98. The van der Waals surface area contributed by atoms with Crippen LogP contribution in [0.25, 0.3) is 0 Å². The van der Waals surface area contributed by atoms with Crippen LogP contribution in [-0.2, 0) is 9.53 Å². The maximum Gasteiger partial charge on any atom is 0.208 e. The van der Waals surface area contributed by atoms with Crippen LogP contribution >= 0.6 is 0 Å². The smallest absolute Gasteiger partial charge is 0.208 e. The molecule has 0 radical (unpaired) electrons. The second kappa shape index (κ2) is 6.28. The van der Waals surface area contributed by atoms with Crippen molar-refractivity contribution < 1.29 is 14.3 Å². The Morgan fingerprint density at radius 2 is 1.94 bits per heavy atom. The molecular weight excluding hydrogens is 232 g/mol. The first-order valence-electron chi connectivity index (χ1n) is 5.93. The van der Waals surface area contributed by atoms with Gasteiger partial charge in [-0.3, -0.25) is 14.5 Å². The largest absolute Gasteiger partial charge is 0.379 e. The number of hydrogen-bond donors (Lipinski definition) is 1. The molecule has 0 bridgehead atoms. The van der Waals surface area contributed by atoms with Crippen molar-refractivity contribution in [1.29, 1.82) is 0 Å². The molecule has 1 aromatic carbocycles. The number of ether oxygens (including phenoxy) is 1. The lowest BCUT2D eigenvalue weighted by molar-refractivity contribution is -0.111. The summed E-state index contributed by atoms with van der Waals surface area (Å²) in [7, 11) is 0. The number of nitrogens with one attached hydrogen (secondary N) is 1. The van der Waals surface area contributed by atoms with E-state index in [2.05, 4.69) is 5.32 Å². The van der Waals surface area contributed by atoms with Crippen molar-refractivity contribution in [1.82, 2.24) is 10.2 Å². The van der Waals surface area contributed by atoms with Gasteiger partial charge in [-0.25, -0.2) is 0 Å². The van der Waals surface area contributed by atoms with E-state index < -0.39 is 6.17 Å². The number of rotatable bonds is 5.